The Balaban J connectivity index is 0.790. The van der Waals surface area contributed by atoms with Crippen molar-refractivity contribution in [1.82, 2.24) is 14.2 Å². The Bertz CT molecular complexity index is 5320. The zero-order valence-corrected chi connectivity index (χ0v) is 54.3. The molecule has 0 N–H and O–H groups in total. The molecule has 8 aromatic carbocycles. The predicted octanol–water partition coefficient (Wildman–Crippen LogP) is 11.3. The minimum Gasteiger partial charge on any atom is -0.509 e. The Morgan fingerprint density at radius 2 is 0.446 bits per heavy atom. The molecule has 8 aliphatic rings. The number of aromatic nitrogens is 4. The van der Waals surface area contributed by atoms with Crippen molar-refractivity contribution >= 4 is 160 Å². The number of aliphatic imine (C=N–C) groups is 8. The first-order valence-corrected chi connectivity index (χ1v) is 40.1. The van der Waals surface area contributed by atoms with E-state index in [1.54, 1.807) is 0 Å². The van der Waals surface area contributed by atoms with Crippen LogP contribution in [0.2, 0.25) is 38.3 Å². The summed E-state index contributed by atoms with van der Waals surface area (Å²) >= 11 is -6.46. The van der Waals surface area contributed by atoms with Crippen LogP contribution in [0.5, 0.6) is 0 Å². The smallest absolute Gasteiger partial charge is 0.509 e. The van der Waals surface area contributed by atoms with Crippen molar-refractivity contribution in [3.05, 3.63) is 261 Å². The molecule has 0 spiro atoms. The summed E-state index contributed by atoms with van der Waals surface area (Å²) in [5.41, 5.74) is 10.1. The molecule has 8 aliphatic heterocycles. The molecule has 0 radical (unpaired) electrons. The first-order valence-electron chi connectivity index (χ1n) is 30.9. The quantitative estimate of drug-likeness (QED) is 0.144. The van der Waals surface area contributed by atoms with Crippen LogP contribution < -0.4 is 22.0 Å². The molecule has 20 rings (SSSR count). The maximum atomic E-state index is 8.32. The molecule has 22 heteroatoms. The summed E-state index contributed by atoms with van der Waals surface area (Å²) in [5, 5.41) is 7.42. The second-order valence-electron chi connectivity index (χ2n) is 25.3. The lowest BCUT2D eigenvalue weighted by atomic mass is 10.1. The van der Waals surface area contributed by atoms with Crippen LogP contribution in [0, 0.1) is 0 Å². The topological polar surface area (TPSA) is 187 Å². The van der Waals surface area contributed by atoms with Crippen LogP contribution in [-0.4, -0.2) is 107 Å². The Morgan fingerprint density at radius 1 is 0.250 bits per heavy atom. The zero-order chi connectivity index (χ0) is 60.9. The van der Waals surface area contributed by atoms with Gasteiger partial charge < -0.3 is 21.2 Å². The molecule has 0 aliphatic carbocycles. The van der Waals surface area contributed by atoms with Crippen LogP contribution in [-0.2, 0) is 6.96 Å². The number of fused-ring (bicyclic) bond motifs is 28. The number of nitrogens with zero attached hydrogens (tertiary/aromatic N) is 16. The lowest BCUT2D eigenvalue weighted by Crippen LogP contribution is -2.55. The van der Waals surface area contributed by atoms with Gasteiger partial charge in [-0.3, -0.25) is 0 Å². The van der Waals surface area contributed by atoms with Gasteiger partial charge in [0.05, 0.1) is 0 Å². The minimum atomic E-state index is -3.23. The van der Waals surface area contributed by atoms with Crippen LogP contribution in [0.1, 0.15) is 44.5 Å². The molecule has 12 heterocycles. The van der Waals surface area contributed by atoms with E-state index >= 15 is 0 Å². The van der Waals surface area contributed by atoms with E-state index in [9.17, 15) is 0 Å². The van der Waals surface area contributed by atoms with E-state index in [1.165, 1.54) is 0 Å². The molecule has 0 saturated carbocycles. The lowest BCUT2D eigenvalue weighted by molar-refractivity contribution is 0.512. The molecule has 18 nitrogen and oxygen atoms in total. The summed E-state index contributed by atoms with van der Waals surface area (Å²) in [4.78, 5) is 66.3. The van der Waals surface area contributed by atoms with Crippen LogP contribution >= 0.6 is 0 Å². The summed E-state index contributed by atoms with van der Waals surface area (Å²) in [6, 6.07) is 68.1. The Labute approximate surface area is 535 Å². The summed E-state index contributed by atoms with van der Waals surface area (Å²) < 4.78 is 25.8. The molecule has 0 amide bonds. The maximum Gasteiger partial charge on any atom is 0.798 e. The van der Waals surface area contributed by atoms with Crippen LogP contribution in [0.4, 0.5) is 23.3 Å². The molecule has 12 bridgehead atoms. The van der Waals surface area contributed by atoms with Gasteiger partial charge in [-0.2, -0.15) is 0 Å². The van der Waals surface area contributed by atoms with E-state index in [-0.39, 0.29) is 0 Å². The highest BCUT2D eigenvalue weighted by molar-refractivity contribution is 6.82. The summed E-state index contributed by atoms with van der Waals surface area (Å²) in [6.07, 6.45) is 0. The van der Waals surface area contributed by atoms with Gasteiger partial charge in [0.2, 0.25) is 0 Å². The van der Waals surface area contributed by atoms with Gasteiger partial charge in [-0.25, -0.2) is 59.9 Å². The SMILES string of the molecule is C[Si](C)(CC[Si](C)(C)[O][Al]1[n]2c3c4ccccc4c2N=C2N=C(N=c4c5ccccc5c([n]41)=NC1=NC(=N3)c3ccccc31)c1ccccc12)[O][Al]1[n]2c3c4ccccc4c2N=C2N=C(N=c4c5ccccc5c([n]41)=NC1=NC(=N3)c3ccccc31)c1ccccc12. The van der Waals surface area contributed by atoms with Crippen LogP contribution in [0.15, 0.2) is 254 Å². The summed E-state index contributed by atoms with van der Waals surface area (Å²) in [7, 11) is -5.85. The van der Waals surface area contributed by atoms with E-state index < -0.39 is 46.5 Å². The highest BCUT2D eigenvalue weighted by Gasteiger charge is 2.49. The Hall–Kier alpha value is -10.1. The number of hydrogen-bond acceptors (Lipinski definition) is 14. The van der Waals surface area contributed by atoms with E-state index in [0.29, 0.717) is 91.9 Å². The standard InChI is InChI=1S/2C32H16N8.C6H16O2Si2.2Al/c2*1-2-10-18-17(9-1)25-33-26(18)38-28-21-13-5-6-14-22(21)30(35-28)40-32-24-16-8-7-15-23(24)31(36-32)39-29-20-12-4-3-11-19(20)27(34-29)37-25;1-9(2,7)5-6-10(3,4)8;;/h2*1-16H;5-6H2,1-4H3;;/q3*-2;2*+3. The third kappa shape index (κ3) is 7.65. The van der Waals surface area contributed by atoms with Crippen molar-refractivity contribution in [2.45, 2.75) is 38.3 Å². The minimum absolute atomic E-state index is 0.582. The van der Waals surface area contributed by atoms with Crippen molar-refractivity contribution in [3.63, 3.8) is 0 Å². The van der Waals surface area contributed by atoms with Gasteiger partial charge in [0.15, 0.2) is 63.3 Å². The molecular formula is C70H48Al2N16O2Si2. The number of hydrogen-bond donors (Lipinski definition) is 0. The van der Waals surface area contributed by atoms with Gasteiger partial charge in [0.25, 0.3) is 0 Å². The highest BCUT2D eigenvalue weighted by Crippen LogP contribution is 2.44. The average Bonchev–Trinajstić information content (AvgIpc) is 1.56. The largest absolute Gasteiger partial charge is 0.798 e. The lowest BCUT2D eigenvalue weighted by Gasteiger charge is -2.34. The third-order valence-electron chi connectivity index (χ3n) is 18.7. The van der Waals surface area contributed by atoms with E-state index in [2.05, 4.69) is 186 Å². The van der Waals surface area contributed by atoms with Gasteiger partial charge >= 0.3 is 29.8 Å². The fourth-order valence-corrected chi connectivity index (χ4v) is 30.0. The molecule has 0 atom stereocenters. The normalized spacial score (nSPS) is 16.0. The first kappa shape index (κ1) is 52.6. The molecule has 92 heavy (non-hydrogen) atoms. The van der Waals surface area contributed by atoms with Gasteiger partial charge in [-0.1, -0.05) is 194 Å². The van der Waals surface area contributed by atoms with Crippen molar-refractivity contribution < 1.29 is 6.96 Å². The van der Waals surface area contributed by atoms with Crippen molar-refractivity contribution in [1.29, 1.82) is 0 Å². The Morgan fingerprint density at radius 3 is 0.674 bits per heavy atom. The van der Waals surface area contributed by atoms with Crippen molar-refractivity contribution in [2.24, 2.45) is 59.9 Å². The predicted molar refractivity (Wildman–Crippen MR) is 369 cm³/mol. The molecule has 12 aromatic rings. The van der Waals surface area contributed by atoms with Crippen molar-refractivity contribution in [3.8, 4) is 0 Å². The van der Waals surface area contributed by atoms with Crippen LogP contribution in [0.25, 0.3) is 43.1 Å². The molecular weight excluding hydrogens is 1210 g/mol. The van der Waals surface area contributed by atoms with E-state index in [4.69, 9.17) is 66.9 Å². The molecule has 0 saturated heterocycles. The zero-order valence-electron chi connectivity index (χ0n) is 50.0. The molecule has 4 aromatic heterocycles. The second-order valence-corrected chi connectivity index (χ2v) is 38.6. The third-order valence-corrected chi connectivity index (χ3v) is 32.6. The molecule has 434 valence electrons. The summed E-state index contributed by atoms with van der Waals surface area (Å²) in [5.74, 6) is 7.49. The van der Waals surface area contributed by atoms with Gasteiger partial charge in [-0.15, -0.1) is 0 Å². The van der Waals surface area contributed by atoms with Crippen LogP contribution in [0.3, 0.4) is 0 Å². The average molecular weight is 1260 g/mol. The number of rotatable bonds is 7. The highest BCUT2D eigenvalue weighted by atomic mass is 28.4. The fourth-order valence-electron chi connectivity index (χ4n) is 14.3. The van der Waals surface area contributed by atoms with E-state index in [1.807, 2.05) is 48.5 Å². The van der Waals surface area contributed by atoms with Gasteiger partial charge in [-0.05, 0) is 38.3 Å². The maximum absolute atomic E-state index is 8.32. The van der Waals surface area contributed by atoms with E-state index in [0.717, 1.165) is 99.7 Å². The summed E-state index contributed by atoms with van der Waals surface area (Å²) in [6.45, 7) is 9.40. The Kier molecular flexibility index (Phi) is 11.0. The monoisotopic (exact) mass is 1250 g/mol. The number of benzene rings is 8. The first-order chi connectivity index (χ1) is 45.1. The molecule has 0 unspecified atom stereocenters. The van der Waals surface area contributed by atoms with Gasteiger partial charge in [0, 0.05) is 87.6 Å². The second kappa shape index (κ2) is 19.2. The van der Waals surface area contributed by atoms with Gasteiger partial charge in [0.1, 0.15) is 45.2 Å². The number of amidine groups is 8. The molecule has 0 fully saturated rings. The van der Waals surface area contributed by atoms with Crippen molar-refractivity contribution in [2.75, 3.05) is 0 Å². The fraction of sp³-hybridized carbons (Fsp3) is 0.0857.